The smallest absolute Gasteiger partial charge is 0.310 e. The summed E-state index contributed by atoms with van der Waals surface area (Å²) in [5.41, 5.74) is 3.70. The van der Waals surface area contributed by atoms with Gasteiger partial charge in [-0.05, 0) is 29.7 Å². The maximum atomic E-state index is 11.3. The molecule has 6 nitrogen and oxygen atoms in total. The molecule has 31 heavy (non-hydrogen) atoms. The number of aliphatic hydroxyl groups is 1. The van der Waals surface area contributed by atoms with Gasteiger partial charge in [0.1, 0.15) is 0 Å². The summed E-state index contributed by atoms with van der Waals surface area (Å²) in [6, 6.07) is 17.2. The lowest BCUT2D eigenvalue weighted by Crippen LogP contribution is -2.32. The fraction of sp³-hybridized carbons (Fsp3) is 0.400. The van der Waals surface area contributed by atoms with Crippen molar-refractivity contribution in [2.24, 2.45) is 0 Å². The monoisotopic (exact) mass is 436 g/mol. The molecule has 0 bridgehead atoms. The van der Waals surface area contributed by atoms with Crippen LogP contribution in [0.4, 0.5) is 0 Å². The normalized spacial score (nSPS) is 10.5. The molecule has 0 atom stereocenters. The van der Waals surface area contributed by atoms with Gasteiger partial charge < -0.3 is 14.7 Å². The minimum Gasteiger partial charge on any atom is -0.466 e. The molecular weight excluding hydrogens is 392 g/mol. The highest BCUT2D eigenvalue weighted by atomic mass is 16.5. The third kappa shape index (κ3) is 10.4. The average Bonchev–Trinajstić information content (AvgIpc) is 2.71. The SMILES string of the molecule is C.C.C.CCOC(=O)Cc1ccccc1C#N.CN1Cc2ccccc2CC1=O.CO.[2HH].[2HH]. The summed E-state index contributed by atoms with van der Waals surface area (Å²) in [5.74, 6) is -0.0797. The van der Waals surface area contributed by atoms with Crippen molar-refractivity contribution in [1.29, 1.82) is 5.26 Å². The molecule has 0 saturated heterocycles. The second kappa shape index (κ2) is 17.7. The zero-order valence-corrected chi connectivity index (χ0v) is 16.5. The molecule has 1 aliphatic heterocycles. The molecule has 0 radical (unpaired) electrons. The minimum atomic E-state index is -0.296. The summed E-state index contributed by atoms with van der Waals surface area (Å²) in [4.78, 5) is 24.2. The fourth-order valence-corrected chi connectivity index (χ4v) is 2.68. The molecule has 1 amide bonds. The van der Waals surface area contributed by atoms with Gasteiger partial charge in [0.25, 0.3) is 0 Å². The number of esters is 1. The molecule has 1 heterocycles. The van der Waals surface area contributed by atoms with E-state index in [0.29, 0.717) is 24.2 Å². The first-order chi connectivity index (χ1) is 13.5. The number of fused-ring (bicyclic) bond motifs is 1. The van der Waals surface area contributed by atoms with Gasteiger partial charge in [0.15, 0.2) is 0 Å². The van der Waals surface area contributed by atoms with Crippen LogP contribution in [-0.4, -0.2) is 42.6 Å². The number of carbonyl (C=O) groups excluding carboxylic acids is 2. The van der Waals surface area contributed by atoms with Gasteiger partial charge in [0, 0.05) is 23.6 Å². The van der Waals surface area contributed by atoms with Crippen molar-refractivity contribution in [1.82, 2.24) is 4.90 Å². The van der Waals surface area contributed by atoms with Crippen molar-refractivity contribution >= 4 is 11.9 Å². The van der Waals surface area contributed by atoms with Gasteiger partial charge in [0.05, 0.1) is 31.1 Å². The van der Waals surface area contributed by atoms with E-state index in [9.17, 15) is 9.59 Å². The van der Waals surface area contributed by atoms with E-state index in [0.717, 1.165) is 13.7 Å². The summed E-state index contributed by atoms with van der Waals surface area (Å²) in [6.45, 7) is 2.89. The van der Waals surface area contributed by atoms with E-state index in [4.69, 9.17) is 15.1 Å². The minimum absolute atomic E-state index is 0. The first-order valence-electron chi connectivity index (χ1n) is 8.94. The van der Waals surface area contributed by atoms with E-state index in [1.165, 1.54) is 11.1 Å². The van der Waals surface area contributed by atoms with Gasteiger partial charge in [0.2, 0.25) is 5.91 Å². The molecule has 1 aliphatic rings. The molecule has 0 spiro atoms. The Morgan fingerprint density at radius 2 is 1.65 bits per heavy atom. The van der Waals surface area contributed by atoms with Crippen LogP contribution >= 0.6 is 0 Å². The number of nitrogens with zero attached hydrogens (tertiary/aromatic N) is 2. The van der Waals surface area contributed by atoms with Gasteiger partial charge in [-0.15, -0.1) is 0 Å². The van der Waals surface area contributed by atoms with Gasteiger partial charge in [-0.3, -0.25) is 9.59 Å². The Morgan fingerprint density at radius 3 is 2.23 bits per heavy atom. The molecule has 0 fully saturated rings. The molecule has 176 valence electrons. The zero-order chi connectivity index (χ0) is 20.9. The van der Waals surface area contributed by atoms with E-state index in [1.54, 1.807) is 36.1 Å². The topological polar surface area (TPSA) is 90.6 Å². The number of ether oxygens (including phenoxy) is 1. The lowest BCUT2D eigenvalue weighted by Gasteiger charge is -2.24. The lowest BCUT2D eigenvalue weighted by molar-refractivity contribution is -0.142. The summed E-state index contributed by atoms with van der Waals surface area (Å²) in [7, 11) is 2.85. The molecule has 1 N–H and O–H groups in total. The Bertz CT molecular complexity index is 839. The molecule has 2 aromatic rings. The van der Waals surface area contributed by atoms with E-state index in [1.807, 2.05) is 31.3 Å². The van der Waals surface area contributed by atoms with Crippen molar-refractivity contribution in [3.63, 3.8) is 0 Å². The quantitative estimate of drug-likeness (QED) is 0.693. The number of benzene rings is 2. The van der Waals surface area contributed by atoms with Crippen molar-refractivity contribution in [3.05, 3.63) is 70.8 Å². The van der Waals surface area contributed by atoms with Crippen molar-refractivity contribution in [2.45, 2.75) is 48.6 Å². The predicted molar refractivity (Wildman–Crippen MR) is 131 cm³/mol. The predicted octanol–water partition coefficient (Wildman–Crippen LogP) is 4.87. The molecule has 0 saturated carbocycles. The molecule has 2 aromatic carbocycles. The third-order valence-corrected chi connectivity index (χ3v) is 4.07. The Balaban J connectivity index is -0.000000130. The van der Waals surface area contributed by atoms with Gasteiger partial charge >= 0.3 is 5.97 Å². The number of carbonyl (C=O) groups is 2. The molecule has 0 aliphatic carbocycles. The first-order valence-corrected chi connectivity index (χ1v) is 8.94. The van der Waals surface area contributed by atoms with E-state index < -0.39 is 0 Å². The van der Waals surface area contributed by atoms with Crippen molar-refractivity contribution in [2.75, 3.05) is 20.8 Å². The van der Waals surface area contributed by atoms with Crippen LogP contribution in [0.25, 0.3) is 0 Å². The van der Waals surface area contributed by atoms with Crippen molar-refractivity contribution < 1.29 is 22.3 Å². The lowest BCUT2D eigenvalue weighted by atomic mass is 10.00. The second-order valence-electron chi connectivity index (χ2n) is 5.95. The van der Waals surface area contributed by atoms with E-state index in [2.05, 4.69) is 6.07 Å². The maximum absolute atomic E-state index is 11.3. The highest BCUT2D eigenvalue weighted by Gasteiger charge is 2.18. The van der Waals surface area contributed by atoms with E-state index in [-0.39, 0.29) is 43.4 Å². The second-order valence-corrected chi connectivity index (χ2v) is 5.95. The van der Waals surface area contributed by atoms with Crippen LogP contribution < -0.4 is 0 Å². The fourth-order valence-electron chi connectivity index (χ4n) is 2.68. The maximum Gasteiger partial charge on any atom is 0.310 e. The molecule has 0 aromatic heterocycles. The number of rotatable bonds is 3. The van der Waals surface area contributed by atoms with Crippen LogP contribution in [-0.2, 0) is 33.7 Å². The molecule has 0 unspecified atom stereocenters. The van der Waals surface area contributed by atoms with Crippen molar-refractivity contribution in [3.8, 4) is 6.07 Å². The third-order valence-electron chi connectivity index (χ3n) is 4.07. The number of aliphatic hydroxyl groups excluding tert-OH is 1. The van der Waals surface area contributed by atoms with Gasteiger partial charge in [-0.25, -0.2) is 0 Å². The van der Waals surface area contributed by atoms with Crippen LogP contribution in [0.3, 0.4) is 0 Å². The van der Waals surface area contributed by atoms with E-state index >= 15 is 0 Å². The summed E-state index contributed by atoms with van der Waals surface area (Å²) in [5, 5.41) is 15.8. The Kier molecular flexibility index (Phi) is 18.5. The average molecular weight is 437 g/mol. The van der Waals surface area contributed by atoms with Crippen LogP contribution in [0.2, 0.25) is 0 Å². The first kappa shape index (κ1) is 32.5. The van der Waals surface area contributed by atoms with Gasteiger partial charge in [-0.2, -0.15) is 5.26 Å². The number of likely N-dealkylation sites (N-methyl/N-ethyl adjacent to an activating group) is 1. The Labute approximate surface area is 191 Å². The van der Waals surface area contributed by atoms with Crippen LogP contribution in [0.1, 0.15) is 54.3 Å². The molecule has 6 heteroatoms. The highest BCUT2D eigenvalue weighted by Crippen LogP contribution is 2.17. The molecule has 3 rings (SSSR count). The number of hydrogen-bond acceptors (Lipinski definition) is 5. The highest BCUT2D eigenvalue weighted by molar-refractivity contribution is 5.80. The summed E-state index contributed by atoms with van der Waals surface area (Å²) in [6.07, 6.45) is 0.726. The Hall–Kier alpha value is -3.17. The van der Waals surface area contributed by atoms with Crippen LogP contribution in [0.15, 0.2) is 48.5 Å². The summed E-state index contributed by atoms with van der Waals surface area (Å²) >= 11 is 0. The van der Waals surface area contributed by atoms with Crippen LogP contribution in [0, 0.1) is 11.3 Å². The summed E-state index contributed by atoms with van der Waals surface area (Å²) < 4.78 is 4.80. The number of nitriles is 1. The van der Waals surface area contributed by atoms with Crippen LogP contribution in [0.5, 0.6) is 0 Å². The zero-order valence-electron chi connectivity index (χ0n) is 16.5. The number of hydrogen-bond donors (Lipinski definition) is 1. The number of amides is 1. The standard InChI is InChI=1S/C11H11NO2.C10H11NO.CH4O.3CH4.2H2/c1-2-14-11(13)7-9-5-3-4-6-10(9)8-12;1-11-7-9-5-3-2-4-8(9)6-10(11)12;1-2;;;;;/h3-6H,2,7H2,1H3;2-5H,6-7H2,1H3;2H,1H3;3*1H4;2*1H/i;;;;;;2*1+1. The molecular formula is C25H42N2O4. The Morgan fingerprint density at radius 1 is 1.10 bits per heavy atom. The largest absolute Gasteiger partial charge is 0.466 e. The van der Waals surface area contributed by atoms with Gasteiger partial charge in [-0.1, -0.05) is 64.7 Å².